The maximum Gasteiger partial charge on any atom is 0.258 e. The van der Waals surface area contributed by atoms with Crippen LogP contribution in [0.15, 0.2) is 42.5 Å². The van der Waals surface area contributed by atoms with Crippen LogP contribution in [0.2, 0.25) is 0 Å². The Morgan fingerprint density at radius 2 is 1.92 bits per heavy atom. The van der Waals surface area contributed by atoms with Crippen molar-refractivity contribution >= 4 is 23.2 Å². The molecule has 24 heavy (non-hydrogen) atoms. The number of fused-ring (bicyclic) bond motifs is 1. The van der Waals surface area contributed by atoms with Crippen molar-refractivity contribution in [2.45, 2.75) is 13.0 Å². The molecule has 2 aromatic carbocycles. The first-order chi connectivity index (χ1) is 11.6. The van der Waals surface area contributed by atoms with Crippen LogP contribution in [0.5, 0.6) is 5.75 Å². The van der Waals surface area contributed by atoms with E-state index in [9.17, 15) is 9.59 Å². The predicted octanol–water partition coefficient (Wildman–Crippen LogP) is 1.98. The van der Waals surface area contributed by atoms with Crippen LogP contribution < -0.4 is 20.9 Å². The molecule has 124 valence electrons. The maximum absolute atomic E-state index is 12.6. The molecule has 7 nitrogen and oxygen atoms in total. The minimum absolute atomic E-state index is 0.126. The summed E-state index contributed by atoms with van der Waals surface area (Å²) in [5, 5.41) is 14.2. The Bertz CT molecular complexity index is 774. The highest BCUT2D eigenvalue weighted by Crippen LogP contribution is 2.31. The SMILES string of the molecule is Cc1cccc2c1OCC(=O)NC2C(=O)Nc1ccc(NO)cc1. The van der Waals surface area contributed by atoms with E-state index in [1.165, 1.54) is 0 Å². The molecule has 0 bridgehead atoms. The van der Waals surface area contributed by atoms with Crippen molar-refractivity contribution in [3.05, 3.63) is 53.6 Å². The molecule has 0 saturated heterocycles. The van der Waals surface area contributed by atoms with Crippen molar-refractivity contribution in [2.24, 2.45) is 0 Å². The van der Waals surface area contributed by atoms with E-state index in [0.717, 1.165) is 5.56 Å². The highest BCUT2D eigenvalue weighted by atomic mass is 16.5. The fourth-order valence-electron chi connectivity index (χ4n) is 2.57. The highest BCUT2D eigenvalue weighted by molar-refractivity contribution is 5.99. The Hall–Kier alpha value is -3.06. The summed E-state index contributed by atoms with van der Waals surface area (Å²) in [7, 11) is 0. The Morgan fingerprint density at radius 1 is 1.21 bits per heavy atom. The molecule has 2 amide bonds. The van der Waals surface area contributed by atoms with Gasteiger partial charge in [0.2, 0.25) is 0 Å². The quantitative estimate of drug-likeness (QED) is 0.646. The van der Waals surface area contributed by atoms with Gasteiger partial charge in [-0.2, -0.15) is 0 Å². The molecule has 1 unspecified atom stereocenters. The standard InChI is InChI=1S/C17H17N3O4/c1-10-3-2-4-13-15(19-14(21)9-24-16(10)13)17(22)18-11-5-7-12(20-23)8-6-11/h2-8,15,20,23H,9H2,1H3,(H,18,22)(H,19,21). The van der Waals surface area contributed by atoms with Gasteiger partial charge in [0.1, 0.15) is 11.8 Å². The molecular weight excluding hydrogens is 310 g/mol. The summed E-state index contributed by atoms with van der Waals surface area (Å²) in [6, 6.07) is 11.1. The second-order valence-corrected chi connectivity index (χ2v) is 5.46. The van der Waals surface area contributed by atoms with Crippen molar-refractivity contribution in [3.8, 4) is 5.75 Å². The molecule has 1 aliphatic heterocycles. The van der Waals surface area contributed by atoms with Gasteiger partial charge in [0.25, 0.3) is 11.8 Å². The molecule has 0 aromatic heterocycles. The first kappa shape index (κ1) is 15.8. The molecule has 0 aliphatic carbocycles. The molecule has 4 N–H and O–H groups in total. The molecule has 0 spiro atoms. The van der Waals surface area contributed by atoms with E-state index in [0.29, 0.717) is 22.7 Å². The Kier molecular flexibility index (Phi) is 4.35. The molecule has 0 radical (unpaired) electrons. The van der Waals surface area contributed by atoms with E-state index in [-0.39, 0.29) is 18.4 Å². The molecule has 1 heterocycles. The molecule has 2 aromatic rings. The molecular formula is C17H17N3O4. The van der Waals surface area contributed by atoms with Gasteiger partial charge in [-0.3, -0.25) is 20.3 Å². The summed E-state index contributed by atoms with van der Waals surface area (Å²) < 4.78 is 5.52. The van der Waals surface area contributed by atoms with Gasteiger partial charge in [0.05, 0.1) is 5.69 Å². The monoisotopic (exact) mass is 327 g/mol. The number of aryl methyl sites for hydroxylation is 1. The number of benzene rings is 2. The van der Waals surface area contributed by atoms with E-state index < -0.39 is 6.04 Å². The van der Waals surface area contributed by atoms with E-state index in [1.54, 1.807) is 30.3 Å². The summed E-state index contributed by atoms with van der Waals surface area (Å²) in [4.78, 5) is 24.5. The fraction of sp³-hybridized carbons (Fsp3) is 0.176. The van der Waals surface area contributed by atoms with Crippen molar-refractivity contribution in [1.82, 2.24) is 5.32 Å². The second kappa shape index (κ2) is 6.59. The van der Waals surface area contributed by atoms with Crippen molar-refractivity contribution in [2.75, 3.05) is 17.4 Å². The summed E-state index contributed by atoms with van der Waals surface area (Å²) >= 11 is 0. The maximum atomic E-state index is 12.6. The lowest BCUT2D eigenvalue weighted by molar-refractivity contribution is -0.127. The summed E-state index contributed by atoms with van der Waals surface area (Å²) in [5.41, 5.74) is 4.55. The third kappa shape index (κ3) is 3.16. The van der Waals surface area contributed by atoms with Gasteiger partial charge in [-0.05, 0) is 36.8 Å². The van der Waals surface area contributed by atoms with Crippen LogP contribution in [-0.4, -0.2) is 23.6 Å². The number of amides is 2. The number of anilines is 2. The number of carbonyl (C=O) groups excluding carboxylic acids is 2. The number of nitrogens with one attached hydrogen (secondary N) is 3. The Balaban J connectivity index is 1.87. The zero-order chi connectivity index (χ0) is 17.1. The van der Waals surface area contributed by atoms with Crippen molar-refractivity contribution < 1.29 is 19.5 Å². The first-order valence-electron chi connectivity index (χ1n) is 7.41. The summed E-state index contributed by atoms with van der Waals surface area (Å²) in [6.45, 7) is 1.74. The number of hydrogen-bond acceptors (Lipinski definition) is 5. The van der Waals surface area contributed by atoms with Crippen LogP contribution in [0.1, 0.15) is 17.2 Å². The third-order valence-electron chi connectivity index (χ3n) is 3.75. The van der Waals surface area contributed by atoms with E-state index >= 15 is 0 Å². The molecule has 0 fully saturated rings. The molecule has 0 saturated carbocycles. The van der Waals surface area contributed by atoms with Gasteiger partial charge in [0.15, 0.2) is 6.61 Å². The number of para-hydroxylation sites is 1. The normalized spacial score (nSPS) is 16.2. The number of rotatable bonds is 3. The number of carbonyl (C=O) groups is 2. The van der Waals surface area contributed by atoms with Crippen LogP contribution in [0, 0.1) is 6.92 Å². The molecule has 1 atom stereocenters. The van der Waals surface area contributed by atoms with Gasteiger partial charge in [-0.25, -0.2) is 0 Å². The van der Waals surface area contributed by atoms with Crippen molar-refractivity contribution in [3.63, 3.8) is 0 Å². The lowest BCUT2D eigenvalue weighted by atomic mass is 10.0. The largest absolute Gasteiger partial charge is 0.483 e. The van der Waals surface area contributed by atoms with Crippen LogP contribution in [0.4, 0.5) is 11.4 Å². The number of hydrogen-bond donors (Lipinski definition) is 4. The molecule has 7 heteroatoms. The van der Waals surface area contributed by atoms with Crippen LogP contribution in [0.25, 0.3) is 0 Å². The topological polar surface area (TPSA) is 99.7 Å². The molecule has 1 aliphatic rings. The fourth-order valence-corrected chi connectivity index (χ4v) is 2.57. The number of ether oxygens (including phenoxy) is 1. The molecule has 3 rings (SSSR count). The van der Waals surface area contributed by atoms with E-state index in [1.807, 2.05) is 24.5 Å². The van der Waals surface area contributed by atoms with Crippen LogP contribution >= 0.6 is 0 Å². The average Bonchev–Trinajstić information content (AvgIpc) is 2.76. The van der Waals surface area contributed by atoms with Crippen LogP contribution in [0.3, 0.4) is 0 Å². The highest BCUT2D eigenvalue weighted by Gasteiger charge is 2.29. The Labute approximate surface area is 138 Å². The van der Waals surface area contributed by atoms with E-state index in [4.69, 9.17) is 9.94 Å². The zero-order valence-electron chi connectivity index (χ0n) is 13.0. The smallest absolute Gasteiger partial charge is 0.258 e. The van der Waals surface area contributed by atoms with Crippen LogP contribution in [-0.2, 0) is 9.59 Å². The van der Waals surface area contributed by atoms with Gasteiger partial charge in [0, 0.05) is 11.3 Å². The minimum Gasteiger partial charge on any atom is -0.483 e. The van der Waals surface area contributed by atoms with Gasteiger partial charge >= 0.3 is 0 Å². The predicted molar refractivity (Wildman–Crippen MR) is 88.0 cm³/mol. The van der Waals surface area contributed by atoms with Gasteiger partial charge in [-0.15, -0.1) is 0 Å². The lowest BCUT2D eigenvalue weighted by Crippen LogP contribution is -2.37. The summed E-state index contributed by atoms with van der Waals surface area (Å²) in [5.74, 6) is -0.174. The third-order valence-corrected chi connectivity index (χ3v) is 3.75. The first-order valence-corrected chi connectivity index (χ1v) is 7.41. The zero-order valence-corrected chi connectivity index (χ0v) is 13.0. The van der Waals surface area contributed by atoms with Gasteiger partial charge < -0.3 is 15.4 Å². The Morgan fingerprint density at radius 3 is 2.62 bits per heavy atom. The average molecular weight is 327 g/mol. The van der Waals surface area contributed by atoms with Crippen molar-refractivity contribution in [1.29, 1.82) is 0 Å². The second-order valence-electron chi connectivity index (χ2n) is 5.46. The lowest BCUT2D eigenvalue weighted by Gasteiger charge is -2.18. The summed E-state index contributed by atoms with van der Waals surface area (Å²) in [6.07, 6.45) is 0. The van der Waals surface area contributed by atoms with E-state index in [2.05, 4.69) is 10.6 Å². The minimum atomic E-state index is -0.842. The van der Waals surface area contributed by atoms with Gasteiger partial charge in [-0.1, -0.05) is 18.2 Å².